The molecule has 0 amide bonds. The average Bonchev–Trinajstić information content (AvgIpc) is 2.87. The number of phenolic OH excluding ortho intramolecular Hbond substituents is 1. The predicted molar refractivity (Wildman–Crippen MR) is 80.0 cm³/mol. The van der Waals surface area contributed by atoms with Gasteiger partial charge in [0.25, 0.3) is 0 Å². The van der Waals surface area contributed by atoms with E-state index in [2.05, 4.69) is 10.5 Å². The van der Waals surface area contributed by atoms with Crippen molar-refractivity contribution in [2.24, 2.45) is 10.8 Å². The minimum atomic E-state index is -0.216. The zero-order valence-corrected chi connectivity index (χ0v) is 10.7. The Balaban J connectivity index is 2.18. The van der Waals surface area contributed by atoms with Gasteiger partial charge in [0, 0.05) is 18.1 Å². The first kappa shape index (κ1) is 13.4. The number of nitrogens with one attached hydrogen (secondary N) is 2. The Kier molecular flexibility index (Phi) is 4.18. The molecular formula is C14H15N5O. The van der Waals surface area contributed by atoms with Crippen LogP contribution in [0.5, 0.6) is 5.75 Å². The molecule has 0 atom stereocenters. The van der Waals surface area contributed by atoms with Crippen LogP contribution in [0.4, 0.5) is 0 Å². The van der Waals surface area contributed by atoms with Gasteiger partial charge in [0.15, 0.2) is 0 Å². The fourth-order valence-electron chi connectivity index (χ4n) is 1.71. The van der Waals surface area contributed by atoms with Crippen LogP contribution in [0.3, 0.4) is 0 Å². The van der Waals surface area contributed by atoms with Crippen LogP contribution >= 0.6 is 0 Å². The van der Waals surface area contributed by atoms with Crippen molar-refractivity contribution in [2.45, 2.75) is 0 Å². The maximum absolute atomic E-state index is 9.86. The van der Waals surface area contributed by atoms with Crippen LogP contribution in [0.25, 0.3) is 11.8 Å². The number of aromatic nitrogens is 1. The van der Waals surface area contributed by atoms with Gasteiger partial charge in [-0.25, -0.2) is 5.43 Å². The number of benzene rings is 1. The van der Waals surface area contributed by atoms with E-state index >= 15 is 0 Å². The van der Waals surface area contributed by atoms with Crippen LogP contribution in [0.1, 0.15) is 5.69 Å². The number of para-hydroxylation sites is 2. The van der Waals surface area contributed by atoms with E-state index in [-0.39, 0.29) is 11.7 Å². The average molecular weight is 269 g/mol. The van der Waals surface area contributed by atoms with Gasteiger partial charge in [-0.3, -0.25) is 5.41 Å². The van der Waals surface area contributed by atoms with Crippen molar-refractivity contribution in [1.29, 1.82) is 5.41 Å². The maximum Gasteiger partial charge on any atom is 0.206 e. The lowest BCUT2D eigenvalue weighted by atomic mass is 10.3. The quantitative estimate of drug-likeness (QED) is 0.386. The van der Waals surface area contributed by atoms with E-state index in [1.807, 2.05) is 41.1 Å². The molecule has 0 aliphatic rings. The molecule has 0 fully saturated rings. The second kappa shape index (κ2) is 6.24. The largest absolute Gasteiger partial charge is 0.506 e. The molecule has 0 aliphatic carbocycles. The summed E-state index contributed by atoms with van der Waals surface area (Å²) in [6, 6.07) is 10.9. The van der Waals surface area contributed by atoms with Gasteiger partial charge in [-0.15, -0.1) is 0 Å². The molecule has 1 aromatic carbocycles. The number of phenols is 1. The van der Waals surface area contributed by atoms with Crippen molar-refractivity contribution < 1.29 is 5.11 Å². The second-order valence-corrected chi connectivity index (χ2v) is 3.95. The molecule has 20 heavy (non-hydrogen) atoms. The number of aromatic hydroxyl groups is 1. The van der Waals surface area contributed by atoms with Crippen LogP contribution in [-0.4, -0.2) is 21.8 Å². The first-order chi connectivity index (χ1) is 9.68. The van der Waals surface area contributed by atoms with Crippen molar-refractivity contribution in [1.82, 2.24) is 9.99 Å². The monoisotopic (exact) mass is 269 g/mol. The predicted octanol–water partition coefficient (Wildman–Crippen LogP) is 1.66. The smallest absolute Gasteiger partial charge is 0.206 e. The third-order valence-electron chi connectivity index (χ3n) is 2.53. The molecule has 0 spiro atoms. The maximum atomic E-state index is 9.86. The lowest BCUT2D eigenvalue weighted by molar-refractivity contribution is 0.472. The third kappa shape index (κ3) is 3.26. The van der Waals surface area contributed by atoms with Crippen LogP contribution in [-0.2, 0) is 0 Å². The number of nitrogens with two attached hydrogens (primary N) is 1. The number of allylic oxidation sites excluding steroid dienone is 1. The molecule has 0 bridgehead atoms. The zero-order chi connectivity index (χ0) is 14.4. The molecule has 102 valence electrons. The van der Waals surface area contributed by atoms with Crippen LogP contribution in [0.15, 0.2) is 53.8 Å². The first-order valence-electron chi connectivity index (χ1n) is 5.94. The molecule has 1 heterocycles. The van der Waals surface area contributed by atoms with Crippen molar-refractivity contribution in [3.8, 4) is 11.4 Å². The van der Waals surface area contributed by atoms with Gasteiger partial charge in [-0.05, 0) is 36.4 Å². The summed E-state index contributed by atoms with van der Waals surface area (Å²) >= 11 is 0. The lowest BCUT2D eigenvalue weighted by Gasteiger charge is -2.08. The Bertz CT molecular complexity index is 657. The summed E-state index contributed by atoms with van der Waals surface area (Å²) in [5, 5.41) is 20.5. The SMILES string of the molecule is N=C(N)N/N=C/C=C/c1cccn1-c1ccccc1O. The normalized spacial score (nSPS) is 11.2. The van der Waals surface area contributed by atoms with E-state index in [0.29, 0.717) is 5.69 Å². The van der Waals surface area contributed by atoms with Crippen LogP contribution < -0.4 is 11.2 Å². The minimum absolute atomic E-state index is 0.213. The van der Waals surface area contributed by atoms with Crippen LogP contribution in [0, 0.1) is 5.41 Å². The van der Waals surface area contributed by atoms with E-state index in [1.54, 1.807) is 18.2 Å². The summed E-state index contributed by atoms with van der Waals surface area (Å²) < 4.78 is 1.86. The number of hydrazone groups is 1. The molecule has 1 aromatic heterocycles. The first-order valence-corrected chi connectivity index (χ1v) is 5.94. The van der Waals surface area contributed by atoms with Gasteiger partial charge in [-0.2, -0.15) is 5.10 Å². The van der Waals surface area contributed by atoms with E-state index in [1.165, 1.54) is 6.21 Å². The van der Waals surface area contributed by atoms with Crippen molar-refractivity contribution >= 4 is 18.3 Å². The summed E-state index contributed by atoms with van der Waals surface area (Å²) in [7, 11) is 0. The molecule has 0 unspecified atom stereocenters. The number of hydrogen-bond acceptors (Lipinski definition) is 3. The Morgan fingerprint density at radius 2 is 2.10 bits per heavy atom. The van der Waals surface area contributed by atoms with Crippen molar-refractivity contribution in [2.75, 3.05) is 0 Å². The number of nitrogens with zero attached hydrogens (tertiary/aromatic N) is 2. The van der Waals surface area contributed by atoms with Crippen molar-refractivity contribution in [3.05, 3.63) is 54.4 Å². The third-order valence-corrected chi connectivity index (χ3v) is 2.53. The molecule has 6 heteroatoms. The molecule has 2 rings (SSSR count). The molecule has 0 aliphatic heterocycles. The second-order valence-electron chi connectivity index (χ2n) is 3.95. The Hall–Kier alpha value is -3.02. The highest BCUT2D eigenvalue weighted by molar-refractivity contribution is 5.80. The van der Waals surface area contributed by atoms with Gasteiger partial charge in [-0.1, -0.05) is 12.1 Å². The van der Waals surface area contributed by atoms with E-state index in [0.717, 1.165) is 5.69 Å². The summed E-state index contributed by atoms with van der Waals surface area (Å²) in [4.78, 5) is 0. The van der Waals surface area contributed by atoms with Crippen LogP contribution in [0.2, 0.25) is 0 Å². The Morgan fingerprint density at radius 1 is 1.30 bits per heavy atom. The van der Waals surface area contributed by atoms with Gasteiger partial charge < -0.3 is 15.4 Å². The fourth-order valence-corrected chi connectivity index (χ4v) is 1.71. The highest BCUT2D eigenvalue weighted by Crippen LogP contribution is 2.23. The summed E-state index contributed by atoms with van der Waals surface area (Å²) in [6.07, 6.45) is 6.89. The lowest BCUT2D eigenvalue weighted by Crippen LogP contribution is -2.25. The summed E-state index contributed by atoms with van der Waals surface area (Å²) in [5.41, 5.74) is 9.00. The zero-order valence-electron chi connectivity index (χ0n) is 10.7. The van der Waals surface area contributed by atoms with E-state index in [4.69, 9.17) is 11.1 Å². The van der Waals surface area contributed by atoms with E-state index in [9.17, 15) is 5.11 Å². The Morgan fingerprint density at radius 3 is 2.85 bits per heavy atom. The molecule has 0 saturated carbocycles. The van der Waals surface area contributed by atoms with Gasteiger partial charge in [0.1, 0.15) is 5.75 Å². The highest BCUT2D eigenvalue weighted by atomic mass is 16.3. The summed E-state index contributed by atoms with van der Waals surface area (Å²) in [5.74, 6) is -0.00232. The standard InChI is InChI=1S/C14H15N5O/c15-14(16)18-17-9-3-5-11-6-4-10-19(11)12-7-1-2-8-13(12)20/h1-10,20H,(H4,15,16,18)/b5-3+,17-9+. The minimum Gasteiger partial charge on any atom is -0.506 e. The molecule has 2 aromatic rings. The fraction of sp³-hybridized carbons (Fsp3) is 0. The van der Waals surface area contributed by atoms with Gasteiger partial charge in [0.2, 0.25) is 5.96 Å². The number of hydrogen-bond donors (Lipinski definition) is 4. The number of rotatable bonds is 4. The topological polar surface area (TPSA) is 99.4 Å². The summed E-state index contributed by atoms with van der Waals surface area (Å²) in [6.45, 7) is 0. The molecule has 0 radical (unpaired) electrons. The van der Waals surface area contributed by atoms with Gasteiger partial charge >= 0.3 is 0 Å². The van der Waals surface area contributed by atoms with Crippen molar-refractivity contribution in [3.63, 3.8) is 0 Å². The Labute approximate surface area is 116 Å². The number of guanidine groups is 1. The molecule has 0 saturated heterocycles. The van der Waals surface area contributed by atoms with E-state index < -0.39 is 0 Å². The molecule has 6 nitrogen and oxygen atoms in total. The highest BCUT2D eigenvalue weighted by Gasteiger charge is 2.04. The van der Waals surface area contributed by atoms with Gasteiger partial charge in [0.05, 0.1) is 5.69 Å². The molecular weight excluding hydrogens is 254 g/mol. The molecule has 5 N–H and O–H groups in total.